The van der Waals surface area contributed by atoms with Gasteiger partial charge >= 0.3 is 5.97 Å². The molecule has 0 spiro atoms. The molecule has 2 heterocycles. The van der Waals surface area contributed by atoms with Crippen molar-refractivity contribution < 1.29 is 14.3 Å². The molecule has 0 aliphatic carbocycles. The van der Waals surface area contributed by atoms with Crippen LogP contribution in [-0.4, -0.2) is 42.2 Å². The van der Waals surface area contributed by atoms with Gasteiger partial charge in [0.1, 0.15) is 0 Å². The van der Waals surface area contributed by atoms with Crippen molar-refractivity contribution in [3.63, 3.8) is 0 Å². The van der Waals surface area contributed by atoms with Crippen LogP contribution in [0.4, 0.5) is 5.69 Å². The number of pyridine rings is 1. The first-order chi connectivity index (χ1) is 13.4. The Morgan fingerprint density at radius 3 is 2.71 bits per heavy atom. The lowest BCUT2D eigenvalue weighted by Gasteiger charge is -2.31. The van der Waals surface area contributed by atoms with Crippen LogP contribution in [0.1, 0.15) is 36.2 Å². The third kappa shape index (κ3) is 4.30. The Morgan fingerprint density at radius 2 is 2.11 bits per heavy atom. The first-order valence-corrected chi connectivity index (χ1v) is 9.17. The minimum Gasteiger partial charge on any atom is -0.448 e. The quantitative estimate of drug-likeness (QED) is 0.627. The van der Waals surface area contributed by atoms with E-state index in [1.54, 1.807) is 31.3 Å². The molecular weight excluding hydrogens is 356 g/mol. The molecule has 1 aliphatic rings. The van der Waals surface area contributed by atoms with Crippen LogP contribution >= 0.6 is 0 Å². The minimum atomic E-state index is -1.19. The third-order valence-corrected chi connectivity index (χ3v) is 4.87. The number of hydrogen-bond acceptors (Lipinski definition) is 7. The molecule has 7 heteroatoms. The summed E-state index contributed by atoms with van der Waals surface area (Å²) in [6.45, 7) is 7.14. The van der Waals surface area contributed by atoms with E-state index in [4.69, 9.17) is 15.2 Å². The van der Waals surface area contributed by atoms with E-state index in [1.807, 2.05) is 12.1 Å². The van der Waals surface area contributed by atoms with Gasteiger partial charge in [0.25, 0.3) is 0 Å². The molecule has 7 nitrogen and oxygen atoms in total. The highest BCUT2D eigenvalue weighted by Crippen LogP contribution is 2.36. The highest BCUT2D eigenvalue weighted by atomic mass is 16.6. The number of morpholine rings is 1. The number of nitriles is 1. The molecule has 0 radical (unpaired) electrons. The van der Waals surface area contributed by atoms with Gasteiger partial charge in [-0.3, -0.25) is 14.7 Å². The number of nitrogen functional groups attached to an aromatic ring is 1. The summed E-state index contributed by atoms with van der Waals surface area (Å²) >= 11 is 0. The Bertz CT molecular complexity index is 886. The summed E-state index contributed by atoms with van der Waals surface area (Å²) in [6.07, 6.45) is 1.79. The summed E-state index contributed by atoms with van der Waals surface area (Å²) in [5.74, 6) is -0.455. The highest BCUT2D eigenvalue weighted by molar-refractivity contribution is 5.68. The molecule has 0 saturated carbocycles. The van der Waals surface area contributed by atoms with Crippen molar-refractivity contribution in [2.75, 3.05) is 32.0 Å². The maximum Gasteiger partial charge on any atom is 0.303 e. The second-order valence-electron chi connectivity index (χ2n) is 6.98. The zero-order valence-corrected chi connectivity index (χ0v) is 16.1. The van der Waals surface area contributed by atoms with Crippen LogP contribution in [0.3, 0.4) is 0 Å². The molecule has 1 fully saturated rings. The number of esters is 1. The van der Waals surface area contributed by atoms with Gasteiger partial charge in [-0.15, -0.1) is 0 Å². The Hall–Kier alpha value is -2.95. The largest absolute Gasteiger partial charge is 0.448 e. The summed E-state index contributed by atoms with van der Waals surface area (Å²) in [5.41, 5.74) is 7.98. The van der Waals surface area contributed by atoms with E-state index in [1.165, 1.54) is 6.92 Å². The van der Waals surface area contributed by atoms with Crippen LogP contribution in [0.15, 0.2) is 36.5 Å². The fraction of sp³-hybridized carbons (Fsp3) is 0.381. The van der Waals surface area contributed by atoms with Gasteiger partial charge in [0.15, 0.2) is 5.60 Å². The van der Waals surface area contributed by atoms with Crippen molar-refractivity contribution in [3.8, 4) is 6.07 Å². The first-order valence-electron chi connectivity index (χ1n) is 9.17. The molecule has 28 heavy (non-hydrogen) atoms. The van der Waals surface area contributed by atoms with E-state index in [0.717, 1.165) is 38.4 Å². The van der Waals surface area contributed by atoms with Crippen molar-refractivity contribution >= 4 is 11.7 Å². The van der Waals surface area contributed by atoms with Crippen LogP contribution in [0, 0.1) is 11.3 Å². The first kappa shape index (κ1) is 19.8. The van der Waals surface area contributed by atoms with Crippen molar-refractivity contribution in [1.29, 1.82) is 5.26 Å². The molecule has 1 aromatic carbocycles. The Morgan fingerprint density at radius 1 is 1.36 bits per heavy atom. The van der Waals surface area contributed by atoms with Crippen molar-refractivity contribution in [1.82, 2.24) is 9.88 Å². The fourth-order valence-corrected chi connectivity index (χ4v) is 3.39. The Kier molecular flexibility index (Phi) is 5.93. The average molecular weight is 380 g/mol. The van der Waals surface area contributed by atoms with Crippen molar-refractivity contribution in [2.24, 2.45) is 0 Å². The SMILES string of the molecule is CC(=O)OC(C)(c1ccc(CN2CCOCC2)cn1)c1cc(C#N)ccc1N. The molecule has 2 N–H and O–H groups in total. The highest BCUT2D eigenvalue weighted by Gasteiger charge is 2.36. The van der Waals surface area contributed by atoms with Crippen molar-refractivity contribution in [2.45, 2.75) is 26.0 Å². The van der Waals surface area contributed by atoms with E-state index in [-0.39, 0.29) is 0 Å². The van der Waals surface area contributed by atoms with Gasteiger partial charge < -0.3 is 15.2 Å². The lowest BCUT2D eigenvalue weighted by Crippen LogP contribution is -2.35. The van der Waals surface area contributed by atoms with Crippen LogP contribution in [-0.2, 0) is 26.4 Å². The average Bonchev–Trinajstić information content (AvgIpc) is 2.69. The Labute approximate surface area is 164 Å². The smallest absolute Gasteiger partial charge is 0.303 e. The van der Waals surface area contributed by atoms with Gasteiger partial charge in [-0.1, -0.05) is 6.07 Å². The number of nitrogens with two attached hydrogens (primary N) is 1. The summed E-state index contributed by atoms with van der Waals surface area (Å²) in [5, 5.41) is 9.24. The van der Waals surface area contributed by atoms with Crippen molar-refractivity contribution in [3.05, 3.63) is 58.9 Å². The van der Waals surface area contributed by atoms with Gasteiger partial charge in [-0.05, 0) is 36.8 Å². The molecule has 0 bridgehead atoms. The molecule has 146 valence electrons. The second-order valence-corrected chi connectivity index (χ2v) is 6.98. The zero-order valence-electron chi connectivity index (χ0n) is 16.1. The summed E-state index contributed by atoms with van der Waals surface area (Å²) < 4.78 is 11.0. The summed E-state index contributed by atoms with van der Waals surface area (Å²) in [4.78, 5) is 18.7. The normalized spacial score (nSPS) is 16.8. The van der Waals surface area contributed by atoms with E-state index in [0.29, 0.717) is 22.5 Å². The predicted octanol–water partition coefficient (Wildman–Crippen LogP) is 2.19. The number of ether oxygens (including phenoxy) is 2. The topological polar surface area (TPSA) is 101 Å². The van der Waals surface area contributed by atoms with E-state index >= 15 is 0 Å². The van der Waals surface area contributed by atoms with Crippen LogP contribution in [0.25, 0.3) is 0 Å². The number of carbonyl (C=O) groups excluding carboxylic acids is 1. The maximum absolute atomic E-state index is 11.8. The van der Waals surface area contributed by atoms with Gasteiger partial charge in [0.05, 0.1) is 30.5 Å². The summed E-state index contributed by atoms with van der Waals surface area (Å²) in [6, 6.07) is 10.8. The Balaban J connectivity index is 1.93. The number of benzene rings is 1. The molecule has 1 atom stereocenters. The number of hydrogen-bond donors (Lipinski definition) is 1. The number of aromatic nitrogens is 1. The van der Waals surface area contributed by atoms with Gasteiger partial charge in [0.2, 0.25) is 0 Å². The van der Waals surface area contributed by atoms with Crippen LogP contribution in [0.2, 0.25) is 0 Å². The predicted molar refractivity (Wildman–Crippen MR) is 104 cm³/mol. The maximum atomic E-state index is 11.8. The molecule has 3 rings (SSSR count). The summed E-state index contributed by atoms with van der Waals surface area (Å²) in [7, 11) is 0. The molecular formula is C21H24N4O3. The molecule has 1 saturated heterocycles. The molecule has 1 aliphatic heterocycles. The molecule has 2 aromatic rings. The number of anilines is 1. The molecule has 1 aromatic heterocycles. The number of carbonyl (C=O) groups is 1. The van der Waals surface area contributed by atoms with Gasteiger partial charge in [-0.25, -0.2) is 0 Å². The number of rotatable bonds is 5. The van der Waals surface area contributed by atoms with Gasteiger partial charge in [-0.2, -0.15) is 5.26 Å². The fourth-order valence-electron chi connectivity index (χ4n) is 3.39. The third-order valence-electron chi connectivity index (χ3n) is 4.87. The van der Waals surface area contributed by atoms with Gasteiger partial charge in [0, 0.05) is 44.0 Å². The molecule has 0 amide bonds. The number of nitrogens with zero attached hydrogens (tertiary/aromatic N) is 3. The van der Waals surface area contributed by atoms with Crippen LogP contribution < -0.4 is 5.73 Å². The zero-order chi connectivity index (χ0) is 20.1. The minimum absolute atomic E-state index is 0.432. The lowest BCUT2D eigenvalue weighted by molar-refractivity contribution is -0.152. The van der Waals surface area contributed by atoms with E-state index in [9.17, 15) is 10.1 Å². The molecule has 1 unspecified atom stereocenters. The van der Waals surface area contributed by atoms with E-state index < -0.39 is 11.6 Å². The monoisotopic (exact) mass is 380 g/mol. The van der Waals surface area contributed by atoms with E-state index in [2.05, 4.69) is 16.0 Å². The lowest BCUT2D eigenvalue weighted by atomic mass is 9.88. The second kappa shape index (κ2) is 8.38. The standard InChI is InChI=1S/C21H24N4O3/c1-15(26)28-21(2,18-11-16(12-22)3-5-19(18)23)20-6-4-17(13-24-20)14-25-7-9-27-10-8-25/h3-6,11,13H,7-10,14,23H2,1-2H3. The van der Waals surface area contributed by atoms with Crippen LogP contribution in [0.5, 0.6) is 0 Å².